The van der Waals surface area contributed by atoms with Crippen molar-refractivity contribution in [2.24, 2.45) is 0 Å². The highest BCUT2D eigenvalue weighted by Crippen LogP contribution is 2.10. The van der Waals surface area contributed by atoms with Crippen molar-refractivity contribution in [3.05, 3.63) is 0 Å². The van der Waals surface area contributed by atoms with E-state index in [1.54, 1.807) is 0 Å². The first-order valence-corrected chi connectivity index (χ1v) is 7.62. The summed E-state index contributed by atoms with van der Waals surface area (Å²) in [7, 11) is -3.16. The fourth-order valence-electron chi connectivity index (χ4n) is 2.26. The molecular weight excluding hydrogens is 228 g/mol. The molecule has 0 radical (unpaired) electrons. The Hall–Kier alpha value is -0.170. The Labute approximate surface area is 97.0 Å². The summed E-state index contributed by atoms with van der Waals surface area (Å²) in [5.41, 5.74) is 0. The Bertz CT molecular complexity index is 306. The fourth-order valence-corrected chi connectivity index (χ4v) is 3.86. The first-order valence-electron chi connectivity index (χ1n) is 5.97. The Morgan fingerprint density at radius 2 is 2.19 bits per heavy atom. The van der Waals surface area contributed by atoms with Gasteiger partial charge in [0.25, 0.3) is 0 Å². The Kier molecular flexibility index (Phi) is 4.18. The fraction of sp³-hybridized carbons (Fsp3) is 1.00. The van der Waals surface area contributed by atoms with Crippen LogP contribution in [-0.4, -0.2) is 46.0 Å². The summed E-state index contributed by atoms with van der Waals surface area (Å²) >= 11 is 0. The second kappa shape index (κ2) is 5.44. The van der Waals surface area contributed by atoms with Gasteiger partial charge in [0.2, 0.25) is 10.0 Å². The highest BCUT2D eigenvalue weighted by molar-refractivity contribution is 7.89. The molecule has 5 nitrogen and oxygen atoms in total. The van der Waals surface area contributed by atoms with Gasteiger partial charge in [-0.25, -0.2) is 13.1 Å². The second-order valence-corrected chi connectivity index (χ2v) is 6.41. The molecule has 0 aromatic heterocycles. The number of nitrogens with one attached hydrogen (secondary N) is 2. The Morgan fingerprint density at radius 1 is 1.31 bits per heavy atom. The standard InChI is InChI=1S/C10H20N2O3S/c13-16(14,12-9-4-6-15-7-9)8-10-3-1-2-5-11-10/h9-12H,1-8H2. The lowest BCUT2D eigenvalue weighted by atomic mass is 10.1. The zero-order valence-electron chi connectivity index (χ0n) is 9.44. The molecular formula is C10H20N2O3S. The van der Waals surface area contributed by atoms with Crippen LogP contribution in [0.25, 0.3) is 0 Å². The second-order valence-electron chi connectivity index (χ2n) is 4.61. The van der Waals surface area contributed by atoms with Gasteiger partial charge in [-0.3, -0.25) is 0 Å². The minimum Gasteiger partial charge on any atom is -0.380 e. The Morgan fingerprint density at radius 3 is 2.81 bits per heavy atom. The lowest BCUT2D eigenvalue weighted by molar-refractivity contribution is 0.192. The van der Waals surface area contributed by atoms with Gasteiger partial charge in [0, 0.05) is 18.7 Å². The van der Waals surface area contributed by atoms with Crippen LogP contribution >= 0.6 is 0 Å². The van der Waals surface area contributed by atoms with Crippen molar-refractivity contribution in [2.75, 3.05) is 25.5 Å². The quantitative estimate of drug-likeness (QED) is 0.725. The largest absolute Gasteiger partial charge is 0.380 e. The minimum atomic E-state index is -3.16. The van der Waals surface area contributed by atoms with E-state index in [0.717, 1.165) is 32.2 Å². The van der Waals surface area contributed by atoms with Crippen molar-refractivity contribution in [2.45, 2.75) is 37.8 Å². The van der Waals surface area contributed by atoms with Gasteiger partial charge in [-0.2, -0.15) is 0 Å². The SMILES string of the molecule is O=S(=O)(CC1CCCCN1)NC1CCOC1. The predicted molar refractivity (Wildman–Crippen MR) is 61.8 cm³/mol. The molecule has 0 aliphatic carbocycles. The van der Waals surface area contributed by atoms with Crippen LogP contribution in [0.4, 0.5) is 0 Å². The molecule has 2 heterocycles. The van der Waals surface area contributed by atoms with E-state index in [9.17, 15) is 8.42 Å². The van der Waals surface area contributed by atoms with Crippen molar-refractivity contribution >= 4 is 10.0 Å². The molecule has 94 valence electrons. The van der Waals surface area contributed by atoms with Crippen LogP contribution in [0.1, 0.15) is 25.7 Å². The first-order chi connectivity index (χ1) is 7.66. The molecule has 2 atom stereocenters. The molecule has 0 aromatic carbocycles. The highest BCUT2D eigenvalue weighted by atomic mass is 32.2. The van der Waals surface area contributed by atoms with Gasteiger partial charge in [-0.05, 0) is 25.8 Å². The maximum absolute atomic E-state index is 11.8. The predicted octanol–water partition coefficient (Wildman–Crippen LogP) is -0.163. The molecule has 0 aromatic rings. The summed E-state index contributed by atoms with van der Waals surface area (Å²) < 4.78 is 31.6. The first kappa shape index (κ1) is 12.3. The maximum atomic E-state index is 11.8. The van der Waals surface area contributed by atoms with E-state index in [-0.39, 0.29) is 17.8 Å². The van der Waals surface area contributed by atoms with Crippen LogP contribution < -0.4 is 10.0 Å². The normalized spacial score (nSPS) is 31.8. The maximum Gasteiger partial charge on any atom is 0.213 e. The van der Waals surface area contributed by atoms with Gasteiger partial charge in [0.05, 0.1) is 12.4 Å². The molecule has 2 saturated heterocycles. The number of rotatable bonds is 4. The summed E-state index contributed by atoms with van der Waals surface area (Å²) in [6.45, 7) is 2.11. The van der Waals surface area contributed by atoms with Crippen molar-refractivity contribution in [3.63, 3.8) is 0 Å². The molecule has 2 aliphatic rings. The van der Waals surface area contributed by atoms with Crippen molar-refractivity contribution in [3.8, 4) is 0 Å². The third-order valence-corrected chi connectivity index (χ3v) is 4.64. The van der Waals surface area contributed by atoms with Gasteiger partial charge in [-0.15, -0.1) is 0 Å². The zero-order chi connectivity index (χ0) is 11.4. The molecule has 0 bridgehead atoms. The lowest BCUT2D eigenvalue weighted by Crippen LogP contribution is -2.45. The van der Waals surface area contributed by atoms with Gasteiger partial charge < -0.3 is 10.1 Å². The number of sulfonamides is 1. The van der Waals surface area contributed by atoms with Crippen LogP contribution in [0.3, 0.4) is 0 Å². The lowest BCUT2D eigenvalue weighted by Gasteiger charge is -2.23. The highest BCUT2D eigenvalue weighted by Gasteiger charge is 2.25. The van der Waals surface area contributed by atoms with E-state index in [1.807, 2.05) is 0 Å². The average Bonchev–Trinajstić information content (AvgIpc) is 2.70. The van der Waals surface area contributed by atoms with Gasteiger partial charge >= 0.3 is 0 Å². The minimum absolute atomic E-state index is 0.0198. The molecule has 0 saturated carbocycles. The van der Waals surface area contributed by atoms with E-state index < -0.39 is 10.0 Å². The summed E-state index contributed by atoms with van der Waals surface area (Å²) in [4.78, 5) is 0. The molecule has 0 amide bonds. The van der Waals surface area contributed by atoms with Crippen molar-refractivity contribution in [1.82, 2.24) is 10.0 Å². The molecule has 6 heteroatoms. The van der Waals surface area contributed by atoms with Crippen LogP contribution in [0.2, 0.25) is 0 Å². The smallest absolute Gasteiger partial charge is 0.213 e. The third kappa shape index (κ3) is 3.69. The van der Waals surface area contributed by atoms with E-state index in [4.69, 9.17) is 4.74 Å². The monoisotopic (exact) mass is 248 g/mol. The molecule has 16 heavy (non-hydrogen) atoms. The van der Waals surface area contributed by atoms with Gasteiger partial charge in [-0.1, -0.05) is 6.42 Å². The van der Waals surface area contributed by atoms with E-state index in [2.05, 4.69) is 10.0 Å². The number of piperidine rings is 1. The molecule has 0 spiro atoms. The summed E-state index contributed by atoms with van der Waals surface area (Å²) in [5.74, 6) is 0.198. The van der Waals surface area contributed by atoms with Gasteiger partial charge in [0.1, 0.15) is 0 Å². The molecule has 2 rings (SSSR count). The van der Waals surface area contributed by atoms with E-state index in [0.29, 0.717) is 13.2 Å². The van der Waals surface area contributed by atoms with Crippen LogP contribution in [-0.2, 0) is 14.8 Å². The molecule has 2 aliphatic heterocycles. The number of hydrogen-bond donors (Lipinski definition) is 2. The van der Waals surface area contributed by atoms with Crippen molar-refractivity contribution in [1.29, 1.82) is 0 Å². The number of hydrogen-bond acceptors (Lipinski definition) is 4. The molecule has 2 unspecified atom stereocenters. The van der Waals surface area contributed by atoms with Crippen LogP contribution in [0.5, 0.6) is 0 Å². The summed E-state index contributed by atoms with van der Waals surface area (Å²) in [6.07, 6.45) is 4.03. The van der Waals surface area contributed by atoms with E-state index in [1.165, 1.54) is 0 Å². The number of ether oxygens (including phenoxy) is 1. The van der Waals surface area contributed by atoms with Crippen LogP contribution in [0, 0.1) is 0 Å². The zero-order valence-corrected chi connectivity index (χ0v) is 10.3. The van der Waals surface area contributed by atoms with Crippen molar-refractivity contribution < 1.29 is 13.2 Å². The Balaban J connectivity index is 1.81. The third-order valence-electron chi connectivity index (χ3n) is 3.11. The summed E-state index contributed by atoms with van der Waals surface area (Å²) in [5, 5.41) is 3.25. The van der Waals surface area contributed by atoms with Crippen LogP contribution in [0.15, 0.2) is 0 Å². The topological polar surface area (TPSA) is 67.4 Å². The molecule has 2 fully saturated rings. The summed E-state index contributed by atoms with van der Waals surface area (Å²) in [6, 6.07) is 0.0992. The van der Waals surface area contributed by atoms with E-state index >= 15 is 0 Å². The average molecular weight is 248 g/mol. The molecule has 2 N–H and O–H groups in total. The van der Waals surface area contributed by atoms with Gasteiger partial charge in [0.15, 0.2) is 0 Å².